The van der Waals surface area contributed by atoms with Gasteiger partial charge >= 0.3 is 12.1 Å². The minimum absolute atomic E-state index is 0.0576. The maximum atomic E-state index is 13.0. The molecule has 1 saturated heterocycles. The molecule has 6 nitrogen and oxygen atoms in total. The molecule has 1 aromatic rings. The molecule has 0 spiro atoms. The van der Waals surface area contributed by atoms with Gasteiger partial charge in [0.25, 0.3) is 11.7 Å². The van der Waals surface area contributed by atoms with E-state index in [1.54, 1.807) is 0 Å². The van der Waals surface area contributed by atoms with Crippen molar-refractivity contribution in [1.29, 1.82) is 0 Å². The molecule has 1 amide bonds. The third-order valence-corrected chi connectivity index (χ3v) is 6.46. The third-order valence-electron chi connectivity index (χ3n) is 5.26. The second-order valence-electron chi connectivity index (χ2n) is 7.42. The van der Waals surface area contributed by atoms with Crippen LogP contribution >= 0.6 is 11.8 Å². The van der Waals surface area contributed by atoms with E-state index >= 15 is 0 Å². The zero-order valence-corrected chi connectivity index (χ0v) is 19.3. The molecular formula is C21H26F5NO5S. The molecule has 1 atom stereocenters. The van der Waals surface area contributed by atoms with Crippen molar-refractivity contribution in [2.75, 3.05) is 39.4 Å². The Balaban J connectivity index is 1.98. The fourth-order valence-corrected chi connectivity index (χ4v) is 4.63. The van der Waals surface area contributed by atoms with Crippen LogP contribution in [0.1, 0.15) is 36.0 Å². The Bertz CT molecular complexity index is 824. The number of hydrogen-bond donors (Lipinski definition) is 0. The highest BCUT2D eigenvalue weighted by molar-refractivity contribution is 7.99. The fourth-order valence-electron chi connectivity index (χ4n) is 3.50. The third kappa shape index (κ3) is 6.42. The molecular weight excluding hydrogens is 473 g/mol. The van der Waals surface area contributed by atoms with E-state index in [-0.39, 0.29) is 41.0 Å². The van der Waals surface area contributed by atoms with Crippen LogP contribution in [0.25, 0.3) is 0 Å². The van der Waals surface area contributed by atoms with E-state index in [1.807, 2.05) is 0 Å². The van der Waals surface area contributed by atoms with Gasteiger partial charge in [0, 0.05) is 30.3 Å². The summed E-state index contributed by atoms with van der Waals surface area (Å²) in [5, 5.41) is 0. The number of halogens is 5. The summed E-state index contributed by atoms with van der Waals surface area (Å²) in [5.41, 5.74) is 0.0576. The van der Waals surface area contributed by atoms with Crippen molar-refractivity contribution >= 4 is 23.5 Å². The molecule has 0 saturated carbocycles. The number of benzene rings is 1. The Morgan fingerprint density at radius 2 is 1.67 bits per heavy atom. The number of carbonyl (C=O) groups is 2. The van der Waals surface area contributed by atoms with Gasteiger partial charge in [-0.25, -0.2) is 0 Å². The average Bonchev–Trinajstić information content (AvgIpc) is 3.24. The number of thioether (sulfide) groups is 1. The van der Waals surface area contributed by atoms with Gasteiger partial charge in [0.1, 0.15) is 0 Å². The Labute approximate surface area is 192 Å². The van der Waals surface area contributed by atoms with E-state index < -0.39 is 30.2 Å². The van der Waals surface area contributed by atoms with Crippen molar-refractivity contribution in [2.45, 2.75) is 43.8 Å². The van der Waals surface area contributed by atoms with Gasteiger partial charge in [-0.3, -0.25) is 9.59 Å². The number of Topliss-reactive ketones (excluding diaryl/α,β-unsaturated/α-hetero) is 1. The summed E-state index contributed by atoms with van der Waals surface area (Å²) in [6.45, 7) is 0.354. The molecule has 0 bridgehead atoms. The van der Waals surface area contributed by atoms with Crippen molar-refractivity contribution in [3.8, 4) is 17.2 Å². The summed E-state index contributed by atoms with van der Waals surface area (Å²) in [5.74, 6) is -5.07. The van der Waals surface area contributed by atoms with Crippen LogP contribution in [0, 0.1) is 0 Å². The second kappa shape index (κ2) is 11.3. The van der Waals surface area contributed by atoms with Crippen LogP contribution in [0.4, 0.5) is 22.0 Å². The van der Waals surface area contributed by atoms with Gasteiger partial charge in [-0.1, -0.05) is 0 Å². The van der Waals surface area contributed by atoms with E-state index in [2.05, 4.69) is 0 Å². The molecule has 0 aliphatic carbocycles. The van der Waals surface area contributed by atoms with Gasteiger partial charge in [-0.15, -0.1) is 0 Å². The number of ketones is 1. The van der Waals surface area contributed by atoms with Crippen molar-refractivity contribution in [3.63, 3.8) is 0 Å². The maximum Gasteiger partial charge on any atom is 0.453 e. The number of hydrogen-bond acceptors (Lipinski definition) is 6. The summed E-state index contributed by atoms with van der Waals surface area (Å²) in [4.78, 5) is 27.1. The highest BCUT2D eigenvalue weighted by Gasteiger charge is 2.56. The van der Waals surface area contributed by atoms with E-state index in [4.69, 9.17) is 14.2 Å². The van der Waals surface area contributed by atoms with Crippen molar-refractivity contribution in [2.24, 2.45) is 0 Å². The molecule has 0 radical (unpaired) electrons. The van der Waals surface area contributed by atoms with E-state index in [9.17, 15) is 31.5 Å². The lowest BCUT2D eigenvalue weighted by Gasteiger charge is -2.24. The maximum absolute atomic E-state index is 13.0. The number of ether oxygens (including phenoxy) is 3. The van der Waals surface area contributed by atoms with E-state index in [0.29, 0.717) is 25.1 Å². The normalized spacial score (nSPS) is 16.6. The minimum atomic E-state index is -5.56. The molecule has 33 heavy (non-hydrogen) atoms. The lowest BCUT2D eigenvalue weighted by molar-refractivity contribution is -0.284. The summed E-state index contributed by atoms with van der Waals surface area (Å²) in [6.07, 6.45) is -5.89. The zero-order chi connectivity index (χ0) is 24.8. The Kier molecular flexibility index (Phi) is 9.21. The van der Waals surface area contributed by atoms with Crippen LogP contribution in [0.3, 0.4) is 0 Å². The van der Waals surface area contributed by atoms with Gasteiger partial charge in [-0.2, -0.15) is 33.7 Å². The van der Waals surface area contributed by atoms with Gasteiger partial charge in [-0.05, 0) is 37.1 Å². The Hall–Kier alpha value is -2.24. The summed E-state index contributed by atoms with van der Waals surface area (Å²) < 4.78 is 78.3. The highest BCUT2D eigenvalue weighted by atomic mass is 32.2. The predicted octanol–water partition coefficient (Wildman–Crippen LogP) is 4.60. The number of rotatable bonds is 11. The monoisotopic (exact) mass is 499 g/mol. The van der Waals surface area contributed by atoms with Crippen LogP contribution in [0.2, 0.25) is 0 Å². The number of nitrogens with zero attached hydrogens (tertiary/aromatic N) is 1. The Morgan fingerprint density at radius 1 is 1.06 bits per heavy atom. The molecule has 1 heterocycles. The van der Waals surface area contributed by atoms with Crippen LogP contribution in [-0.2, 0) is 4.79 Å². The highest BCUT2D eigenvalue weighted by Crippen LogP contribution is 2.40. The van der Waals surface area contributed by atoms with Gasteiger partial charge in [0.15, 0.2) is 11.5 Å². The molecule has 0 aromatic heterocycles. The SMILES string of the molecule is COc1cc(C(=O)C(=O)N2CCC[C@H]2CSCCCC(F)(F)C(F)(F)F)cc(OC)c1OC. The summed E-state index contributed by atoms with van der Waals surface area (Å²) in [7, 11) is 4.17. The first kappa shape index (κ1) is 27.0. The average molecular weight is 499 g/mol. The van der Waals surface area contributed by atoms with Crippen LogP contribution in [-0.4, -0.2) is 74.1 Å². The zero-order valence-electron chi connectivity index (χ0n) is 18.5. The quantitative estimate of drug-likeness (QED) is 0.192. The van der Waals surface area contributed by atoms with Crippen molar-refractivity contribution < 1.29 is 45.8 Å². The van der Waals surface area contributed by atoms with E-state index in [1.165, 1.54) is 50.1 Å². The Morgan fingerprint density at radius 3 is 2.18 bits per heavy atom. The standard InChI is InChI=1S/C21H26F5NO5S/c1-30-15-10-13(11-16(31-2)18(15)32-3)17(28)19(29)27-8-4-6-14(27)12-33-9-5-7-20(22,23)21(24,25)26/h10-11,14H,4-9,12H2,1-3H3/t14-/m0/s1. The van der Waals surface area contributed by atoms with Crippen LogP contribution in [0.15, 0.2) is 12.1 Å². The molecule has 1 aromatic carbocycles. The molecule has 1 aliphatic rings. The number of likely N-dealkylation sites (tertiary alicyclic amines) is 1. The largest absolute Gasteiger partial charge is 0.493 e. The smallest absolute Gasteiger partial charge is 0.453 e. The van der Waals surface area contributed by atoms with Gasteiger partial charge in [0.05, 0.1) is 21.3 Å². The molecule has 12 heteroatoms. The van der Waals surface area contributed by atoms with Gasteiger partial charge < -0.3 is 19.1 Å². The first-order valence-corrected chi connectivity index (χ1v) is 11.3. The number of amides is 1. The van der Waals surface area contributed by atoms with Crippen LogP contribution in [0.5, 0.6) is 17.2 Å². The second-order valence-corrected chi connectivity index (χ2v) is 8.57. The van der Waals surface area contributed by atoms with Gasteiger partial charge in [0.2, 0.25) is 5.75 Å². The predicted molar refractivity (Wildman–Crippen MR) is 113 cm³/mol. The van der Waals surface area contributed by atoms with E-state index in [0.717, 1.165) is 0 Å². The topological polar surface area (TPSA) is 65.1 Å². The molecule has 1 fully saturated rings. The summed E-state index contributed by atoms with van der Waals surface area (Å²) >= 11 is 1.19. The minimum Gasteiger partial charge on any atom is -0.493 e. The summed E-state index contributed by atoms with van der Waals surface area (Å²) in [6, 6.07) is 2.45. The molecule has 0 N–H and O–H groups in total. The molecule has 0 unspecified atom stereocenters. The van der Waals surface area contributed by atoms with Crippen LogP contribution < -0.4 is 14.2 Å². The molecule has 186 valence electrons. The lowest BCUT2D eigenvalue weighted by Crippen LogP contribution is -2.41. The molecule has 2 rings (SSSR count). The molecule has 1 aliphatic heterocycles. The number of carbonyl (C=O) groups excluding carboxylic acids is 2. The first-order valence-electron chi connectivity index (χ1n) is 10.1. The van der Waals surface area contributed by atoms with Crippen molar-refractivity contribution in [1.82, 2.24) is 4.90 Å². The fraction of sp³-hybridized carbons (Fsp3) is 0.619. The number of methoxy groups -OCH3 is 3. The first-order chi connectivity index (χ1) is 15.5. The lowest BCUT2D eigenvalue weighted by atomic mass is 10.1. The number of alkyl halides is 5. The van der Waals surface area contributed by atoms with Crippen molar-refractivity contribution in [3.05, 3.63) is 17.7 Å².